The Morgan fingerprint density at radius 2 is 1.70 bits per heavy atom. The Hall–Kier alpha value is -2.43. The first-order valence-corrected chi connectivity index (χ1v) is 6.01. The predicted molar refractivity (Wildman–Crippen MR) is 71.6 cm³/mol. The largest absolute Gasteiger partial charge is 0.444 e. The number of carbonyl (C=O) groups excluding carboxylic acids is 1. The Morgan fingerprint density at radius 3 is 2.30 bits per heavy atom. The lowest BCUT2D eigenvalue weighted by Crippen LogP contribution is -2.13. The quantitative estimate of drug-likeness (QED) is 0.901. The third-order valence-electron chi connectivity index (χ3n) is 2.62. The minimum Gasteiger partial charge on any atom is -0.444 e. The minimum atomic E-state index is -2.52. The van der Waals surface area contributed by atoms with Crippen LogP contribution in [-0.2, 0) is 11.3 Å². The van der Waals surface area contributed by atoms with Crippen LogP contribution in [0.2, 0.25) is 0 Å². The average molecular weight is 277 g/mol. The van der Waals surface area contributed by atoms with Crippen molar-refractivity contribution in [2.45, 2.75) is 13.0 Å². The first kappa shape index (κ1) is 14.0. The number of nitrogens with one attached hydrogen (secondary N) is 1. The van der Waals surface area contributed by atoms with Crippen molar-refractivity contribution in [1.29, 1.82) is 0 Å². The van der Waals surface area contributed by atoms with Crippen molar-refractivity contribution in [3.05, 3.63) is 65.7 Å². The van der Waals surface area contributed by atoms with E-state index in [4.69, 9.17) is 4.74 Å². The number of anilines is 1. The fraction of sp³-hybridized carbons (Fsp3) is 0.133. The summed E-state index contributed by atoms with van der Waals surface area (Å²) in [5.74, 6) is 0. The number of rotatable bonds is 4. The molecule has 20 heavy (non-hydrogen) atoms. The zero-order valence-corrected chi connectivity index (χ0v) is 10.6. The number of amides is 1. The molecule has 0 aromatic heterocycles. The molecule has 0 bridgehead atoms. The molecule has 0 aliphatic rings. The molecule has 0 aliphatic heterocycles. The van der Waals surface area contributed by atoms with Crippen LogP contribution in [0.15, 0.2) is 54.6 Å². The van der Waals surface area contributed by atoms with Crippen molar-refractivity contribution in [1.82, 2.24) is 0 Å². The molecule has 1 N–H and O–H groups in total. The third-order valence-corrected chi connectivity index (χ3v) is 2.62. The number of carbonyl (C=O) groups is 1. The van der Waals surface area contributed by atoms with Gasteiger partial charge in [-0.3, -0.25) is 5.32 Å². The molecule has 0 fully saturated rings. The van der Waals surface area contributed by atoms with Gasteiger partial charge >= 0.3 is 6.09 Å². The molecule has 3 nitrogen and oxygen atoms in total. The van der Waals surface area contributed by atoms with Crippen molar-refractivity contribution >= 4 is 11.8 Å². The monoisotopic (exact) mass is 277 g/mol. The van der Waals surface area contributed by atoms with Gasteiger partial charge in [0.1, 0.15) is 6.61 Å². The lowest BCUT2D eigenvalue weighted by atomic mass is 10.2. The third kappa shape index (κ3) is 4.05. The van der Waals surface area contributed by atoms with E-state index in [-0.39, 0.29) is 12.2 Å². The first-order valence-electron chi connectivity index (χ1n) is 6.01. The molecule has 0 atom stereocenters. The minimum absolute atomic E-state index is 0.0896. The summed E-state index contributed by atoms with van der Waals surface area (Å²) in [6.45, 7) is 0.155. The highest BCUT2D eigenvalue weighted by atomic mass is 19.3. The van der Waals surface area contributed by atoms with Crippen LogP contribution in [0.25, 0.3) is 0 Å². The van der Waals surface area contributed by atoms with Crippen LogP contribution in [0.3, 0.4) is 0 Å². The molecule has 1 amide bonds. The highest BCUT2D eigenvalue weighted by Gasteiger charge is 2.07. The van der Waals surface area contributed by atoms with E-state index >= 15 is 0 Å². The van der Waals surface area contributed by atoms with Gasteiger partial charge in [-0.05, 0) is 17.7 Å². The molecule has 0 radical (unpaired) electrons. The topological polar surface area (TPSA) is 38.3 Å². The van der Waals surface area contributed by atoms with Crippen molar-refractivity contribution in [3.63, 3.8) is 0 Å². The summed E-state index contributed by atoms with van der Waals surface area (Å²) in [7, 11) is 0. The second-order valence-corrected chi connectivity index (χ2v) is 4.11. The van der Waals surface area contributed by atoms with Gasteiger partial charge in [-0.2, -0.15) is 0 Å². The van der Waals surface area contributed by atoms with Crippen molar-refractivity contribution < 1.29 is 18.3 Å². The van der Waals surface area contributed by atoms with E-state index < -0.39 is 12.5 Å². The van der Waals surface area contributed by atoms with Gasteiger partial charge in [0.05, 0.1) is 0 Å². The van der Waals surface area contributed by atoms with E-state index in [0.717, 1.165) is 5.56 Å². The van der Waals surface area contributed by atoms with E-state index in [1.807, 2.05) is 30.3 Å². The summed E-state index contributed by atoms with van der Waals surface area (Å²) in [6.07, 6.45) is -3.15. The Bertz CT molecular complexity index is 556. The van der Waals surface area contributed by atoms with E-state index in [0.29, 0.717) is 5.69 Å². The smallest absolute Gasteiger partial charge is 0.411 e. The number of halogens is 2. The zero-order valence-electron chi connectivity index (χ0n) is 10.6. The maximum atomic E-state index is 12.4. The number of alkyl halides is 2. The molecular formula is C15H13F2NO2. The average Bonchev–Trinajstić information content (AvgIpc) is 2.47. The van der Waals surface area contributed by atoms with E-state index in [9.17, 15) is 13.6 Å². The molecule has 0 saturated carbocycles. The molecule has 2 aromatic rings. The lowest BCUT2D eigenvalue weighted by molar-refractivity contribution is 0.151. The summed E-state index contributed by atoms with van der Waals surface area (Å²) >= 11 is 0. The second-order valence-electron chi connectivity index (χ2n) is 4.11. The van der Waals surface area contributed by atoms with Crippen molar-refractivity contribution in [2.75, 3.05) is 5.32 Å². The Balaban J connectivity index is 1.85. The highest BCUT2D eigenvalue weighted by Crippen LogP contribution is 2.20. The fourth-order valence-corrected chi connectivity index (χ4v) is 1.59. The van der Waals surface area contributed by atoms with E-state index in [1.54, 1.807) is 0 Å². The highest BCUT2D eigenvalue weighted by molar-refractivity contribution is 5.84. The normalized spacial score (nSPS) is 10.3. The van der Waals surface area contributed by atoms with Crippen LogP contribution >= 0.6 is 0 Å². The molecule has 104 valence electrons. The van der Waals surface area contributed by atoms with Gasteiger partial charge in [0.2, 0.25) is 0 Å². The molecule has 0 saturated heterocycles. The maximum Gasteiger partial charge on any atom is 0.411 e. The Labute approximate surface area is 115 Å². The molecule has 0 heterocycles. The Morgan fingerprint density at radius 1 is 1.05 bits per heavy atom. The first-order chi connectivity index (χ1) is 9.65. The zero-order chi connectivity index (χ0) is 14.4. The van der Waals surface area contributed by atoms with E-state index in [2.05, 4.69) is 5.32 Å². The summed E-state index contributed by atoms with van der Waals surface area (Å²) in [5.41, 5.74) is 1.19. The van der Waals surface area contributed by atoms with Gasteiger partial charge in [0.25, 0.3) is 6.43 Å². The fourth-order valence-electron chi connectivity index (χ4n) is 1.59. The van der Waals surface area contributed by atoms with Crippen molar-refractivity contribution in [2.24, 2.45) is 0 Å². The Kier molecular flexibility index (Phi) is 4.65. The van der Waals surface area contributed by atoms with Gasteiger partial charge in [0, 0.05) is 11.3 Å². The molecule has 2 aromatic carbocycles. The molecular weight excluding hydrogens is 264 g/mol. The van der Waals surface area contributed by atoms with Crippen LogP contribution in [-0.4, -0.2) is 6.09 Å². The molecule has 2 rings (SSSR count). The number of benzene rings is 2. The van der Waals surface area contributed by atoms with Gasteiger partial charge in [-0.1, -0.05) is 42.5 Å². The molecule has 0 unspecified atom stereocenters. The standard InChI is InChI=1S/C15H13F2NO2/c16-14(17)12-6-8-13(9-7-12)18-15(19)20-10-11-4-2-1-3-5-11/h1-9,14H,10H2,(H,18,19). The lowest BCUT2D eigenvalue weighted by Gasteiger charge is -2.07. The van der Waals surface area contributed by atoms with Crippen LogP contribution < -0.4 is 5.32 Å². The number of ether oxygens (including phenoxy) is 1. The number of hydrogen-bond donors (Lipinski definition) is 1. The summed E-state index contributed by atoms with van der Waals surface area (Å²) < 4.78 is 29.7. The SMILES string of the molecule is O=C(Nc1ccc(C(F)F)cc1)OCc1ccccc1. The summed E-state index contributed by atoms with van der Waals surface area (Å²) in [4.78, 5) is 11.5. The number of hydrogen-bond acceptors (Lipinski definition) is 2. The van der Waals surface area contributed by atoms with Crippen LogP contribution in [0.5, 0.6) is 0 Å². The molecule has 0 aliphatic carbocycles. The predicted octanol–water partition coefficient (Wildman–Crippen LogP) is 4.37. The summed E-state index contributed by atoms with van der Waals surface area (Å²) in [5, 5.41) is 2.47. The van der Waals surface area contributed by atoms with E-state index in [1.165, 1.54) is 24.3 Å². The molecule has 0 spiro atoms. The van der Waals surface area contributed by atoms with Crippen LogP contribution in [0, 0.1) is 0 Å². The van der Waals surface area contributed by atoms with Gasteiger partial charge in [-0.25, -0.2) is 13.6 Å². The van der Waals surface area contributed by atoms with Gasteiger partial charge < -0.3 is 4.74 Å². The van der Waals surface area contributed by atoms with Gasteiger partial charge in [0.15, 0.2) is 0 Å². The second kappa shape index (κ2) is 6.65. The maximum absolute atomic E-state index is 12.4. The van der Waals surface area contributed by atoms with Crippen LogP contribution in [0.4, 0.5) is 19.3 Å². The summed E-state index contributed by atoms with van der Waals surface area (Å²) in [6, 6.07) is 14.6. The molecule has 5 heteroatoms. The van der Waals surface area contributed by atoms with Gasteiger partial charge in [-0.15, -0.1) is 0 Å². The van der Waals surface area contributed by atoms with Crippen molar-refractivity contribution in [3.8, 4) is 0 Å². The van der Waals surface area contributed by atoms with Crippen LogP contribution in [0.1, 0.15) is 17.6 Å².